The van der Waals surface area contributed by atoms with E-state index in [-0.39, 0.29) is 5.91 Å². The van der Waals surface area contributed by atoms with Crippen LogP contribution in [0.2, 0.25) is 0 Å². The average molecular weight is 283 g/mol. The first-order valence-electron chi connectivity index (χ1n) is 7.17. The van der Waals surface area contributed by atoms with E-state index in [0.717, 1.165) is 12.8 Å². The van der Waals surface area contributed by atoms with Gasteiger partial charge in [0.25, 0.3) is 0 Å². The number of ether oxygens (including phenoxy) is 2. The third-order valence-corrected chi connectivity index (χ3v) is 4.90. The summed E-state index contributed by atoms with van der Waals surface area (Å²) in [5.41, 5.74) is -0.453. The zero-order valence-corrected chi connectivity index (χ0v) is 11.9. The molecule has 3 aliphatic rings. The summed E-state index contributed by atoms with van der Waals surface area (Å²) in [5.74, 6) is -2.59. The SMILES string of the molecule is CC1(C)[C@H](C(=O)O)[C@@H]1C(=O)N1CCCC2(C1)OCCO2. The smallest absolute Gasteiger partial charge is 0.307 e. The average Bonchev–Trinajstić information content (AvgIpc) is 2.73. The summed E-state index contributed by atoms with van der Waals surface area (Å²) in [4.78, 5) is 25.5. The van der Waals surface area contributed by atoms with Gasteiger partial charge in [-0.25, -0.2) is 0 Å². The van der Waals surface area contributed by atoms with Crippen LogP contribution in [0.25, 0.3) is 0 Å². The van der Waals surface area contributed by atoms with Crippen LogP contribution in [0.3, 0.4) is 0 Å². The van der Waals surface area contributed by atoms with Gasteiger partial charge in [-0.3, -0.25) is 9.59 Å². The van der Waals surface area contributed by atoms with Gasteiger partial charge in [-0.1, -0.05) is 13.8 Å². The molecule has 2 atom stereocenters. The van der Waals surface area contributed by atoms with Gasteiger partial charge in [0, 0.05) is 13.0 Å². The van der Waals surface area contributed by atoms with Crippen LogP contribution >= 0.6 is 0 Å². The summed E-state index contributed by atoms with van der Waals surface area (Å²) < 4.78 is 11.3. The van der Waals surface area contributed by atoms with Gasteiger partial charge in [0.15, 0.2) is 5.79 Å². The van der Waals surface area contributed by atoms with Crippen molar-refractivity contribution in [3.05, 3.63) is 0 Å². The minimum Gasteiger partial charge on any atom is -0.481 e. The summed E-state index contributed by atoms with van der Waals surface area (Å²) >= 11 is 0. The maximum Gasteiger partial charge on any atom is 0.307 e. The Labute approximate surface area is 118 Å². The van der Waals surface area contributed by atoms with Gasteiger partial charge in [-0.15, -0.1) is 0 Å². The number of likely N-dealkylation sites (tertiary alicyclic amines) is 1. The summed E-state index contributed by atoms with van der Waals surface area (Å²) in [6.45, 7) is 5.90. The number of piperidine rings is 1. The van der Waals surface area contributed by atoms with Gasteiger partial charge in [-0.05, 0) is 11.8 Å². The number of hydrogen-bond donors (Lipinski definition) is 1. The lowest BCUT2D eigenvalue weighted by molar-refractivity contribution is -0.193. The number of hydrogen-bond acceptors (Lipinski definition) is 4. The van der Waals surface area contributed by atoms with Crippen LogP contribution in [0.1, 0.15) is 26.7 Å². The Morgan fingerprint density at radius 1 is 1.20 bits per heavy atom. The van der Waals surface area contributed by atoms with Crippen molar-refractivity contribution in [2.45, 2.75) is 32.5 Å². The molecule has 20 heavy (non-hydrogen) atoms. The molecule has 1 aliphatic carbocycles. The predicted octanol–water partition coefficient (Wildman–Crippen LogP) is 0.709. The van der Waals surface area contributed by atoms with Crippen LogP contribution in [0, 0.1) is 17.3 Å². The Morgan fingerprint density at radius 3 is 2.40 bits per heavy atom. The zero-order chi connectivity index (χ0) is 14.5. The van der Waals surface area contributed by atoms with Crippen LogP contribution in [0.5, 0.6) is 0 Å². The molecule has 2 heterocycles. The van der Waals surface area contributed by atoms with Crippen molar-refractivity contribution in [3.8, 4) is 0 Å². The first kappa shape index (κ1) is 13.8. The summed E-state index contributed by atoms with van der Waals surface area (Å²) in [7, 11) is 0. The van der Waals surface area contributed by atoms with Gasteiger partial charge in [0.2, 0.25) is 5.91 Å². The van der Waals surface area contributed by atoms with E-state index in [9.17, 15) is 14.7 Å². The van der Waals surface area contributed by atoms with E-state index < -0.39 is 29.0 Å². The fraction of sp³-hybridized carbons (Fsp3) is 0.857. The maximum absolute atomic E-state index is 12.6. The number of carbonyl (C=O) groups is 2. The van der Waals surface area contributed by atoms with Gasteiger partial charge < -0.3 is 19.5 Å². The number of carboxylic acids is 1. The number of carbonyl (C=O) groups excluding carboxylic acids is 1. The Kier molecular flexibility index (Phi) is 3.06. The molecule has 3 fully saturated rings. The largest absolute Gasteiger partial charge is 0.481 e. The predicted molar refractivity (Wildman–Crippen MR) is 68.8 cm³/mol. The van der Waals surface area contributed by atoms with Crippen LogP contribution in [0.4, 0.5) is 0 Å². The zero-order valence-electron chi connectivity index (χ0n) is 11.9. The molecule has 2 aliphatic heterocycles. The molecule has 0 unspecified atom stereocenters. The van der Waals surface area contributed by atoms with E-state index in [1.807, 2.05) is 13.8 Å². The molecule has 1 amide bonds. The van der Waals surface area contributed by atoms with Crippen LogP contribution < -0.4 is 0 Å². The van der Waals surface area contributed by atoms with Crippen LogP contribution in [0.15, 0.2) is 0 Å². The Hall–Kier alpha value is -1.14. The van der Waals surface area contributed by atoms with Crippen LogP contribution in [-0.2, 0) is 19.1 Å². The van der Waals surface area contributed by atoms with Gasteiger partial charge in [0.05, 0.1) is 31.6 Å². The molecule has 3 rings (SSSR count). The highest BCUT2D eigenvalue weighted by Gasteiger charge is 2.67. The van der Waals surface area contributed by atoms with Crippen molar-refractivity contribution in [3.63, 3.8) is 0 Å². The maximum atomic E-state index is 12.6. The van der Waals surface area contributed by atoms with E-state index in [4.69, 9.17) is 9.47 Å². The van der Waals surface area contributed by atoms with Crippen molar-refractivity contribution in [2.24, 2.45) is 17.3 Å². The van der Waals surface area contributed by atoms with E-state index in [2.05, 4.69) is 0 Å². The monoisotopic (exact) mass is 283 g/mol. The highest BCUT2D eigenvalue weighted by molar-refractivity contribution is 5.91. The number of amides is 1. The fourth-order valence-corrected chi connectivity index (χ4v) is 3.67. The summed E-state index contributed by atoms with van der Waals surface area (Å²) in [6, 6.07) is 0. The number of aliphatic carboxylic acids is 1. The lowest BCUT2D eigenvalue weighted by Crippen LogP contribution is -2.51. The summed E-state index contributed by atoms with van der Waals surface area (Å²) in [6.07, 6.45) is 1.63. The van der Waals surface area contributed by atoms with Crippen molar-refractivity contribution in [2.75, 3.05) is 26.3 Å². The molecule has 2 saturated heterocycles. The molecule has 0 radical (unpaired) electrons. The molecule has 1 N–H and O–H groups in total. The van der Waals surface area contributed by atoms with Gasteiger partial charge in [-0.2, -0.15) is 0 Å². The Morgan fingerprint density at radius 2 is 1.85 bits per heavy atom. The molecule has 6 nitrogen and oxygen atoms in total. The van der Waals surface area contributed by atoms with Crippen molar-refractivity contribution in [1.82, 2.24) is 4.90 Å². The molecule has 0 bridgehead atoms. The third-order valence-electron chi connectivity index (χ3n) is 4.90. The van der Waals surface area contributed by atoms with E-state index in [1.165, 1.54) is 0 Å². The Balaban J connectivity index is 1.70. The van der Waals surface area contributed by atoms with Gasteiger partial charge in [0.1, 0.15) is 0 Å². The first-order valence-corrected chi connectivity index (χ1v) is 7.17. The molecule has 0 aromatic carbocycles. The summed E-state index contributed by atoms with van der Waals surface area (Å²) in [5, 5.41) is 9.19. The number of nitrogens with zero attached hydrogens (tertiary/aromatic N) is 1. The second kappa shape index (κ2) is 4.43. The molecule has 0 aromatic heterocycles. The highest BCUT2D eigenvalue weighted by atomic mass is 16.7. The topological polar surface area (TPSA) is 76.1 Å². The van der Waals surface area contributed by atoms with Crippen molar-refractivity contribution in [1.29, 1.82) is 0 Å². The van der Waals surface area contributed by atoms with E-state index in [0.29, 0.717) is 26.3 Å². The van der Waals surface area contributed by atoms with Gasteiger partial charge >= 0.3 is 5.97 Å². The lowest BCUT2D eigenvalue weighted by Gasteiger charge is -2.38. The molecule has 1 spiro atoms. The molecular formula is C14H21NO5. The standard InChI is InChI=1S/C14H21NO5/c1-13(2)9(10(13)12(17)18)11(16)15-5-3-4-14(8-15)19-6-7-20-14/h9-10H,3-8H2,1-2H3,(H,17,18)/t9-,10+/m1/s1. The van der Waals surface area contributed by atoms with Crippen molar-refractivity contribution < 1.29 is 24.2 Å². The second-order valence-electron chi connectivity index (χ2n) is 6.59. The number of rotatable bonds is 2. The van der Waals surface area contributed by atoms with E-state index in [1.54, 1.807) is 4.90 Å². The molecule has 1 saturated carbocycles. The normalized spacial score (nSPS) is 34.2. The molecule has 6 heteroatoms. The fourth-order valence-electron chi connectivity index (χ4n) is 3.67. The molecular weight excluding hydrogens is 262 g/mol. The third kappa shape index (κ3) is 2.02. The number of carboxylic acid groups (broad SMARTS) is 1. The second-order valence-corrected chi connectivity index (χ2v) is 6.59. The lowest BCUT2D eigenvalue weighted by atomic mass is 10.0. The minimum absolute atomic E-state index is 0.0689. The van der Waals surface area contributed by atoms with Crippen molar-refractivity contribution >= 4 is 11.9 Å². The van der Waals surface area contributed by atoms with Crippen LogP contribution in [-0.4, -0.2) is 54.0 Å². The Bertz CT molecular complexity index is 441. The quantitative estimate of drug-likeness (QED) is 0.807. The minimum atomic E-state index is -0.881. The van der Waals surface area contributed by atoms with E-state index >= 15 is 0 Å². The molecule has 0 aromatic rings. The first-order chi connectivity index (χ1) is 9.37. The highest BCUT2D eigenvalue weighted by Crippen LogP contribution is 2.59. The molecule has 112 valence electrons.